The van der Waals surface area contributed by atoms with Crippen LogP contribution in [0, 0.1) is 5.92 Å². The van der Waals surface area contributed by atoms with Crippen LogP contribution >= 0.6 is 11.3 Å². The van der Waals surface area contributed by atoms with Gasteiger partial charge in [-0.2, -0.15) is 13.2 Å². The Bertz CT molecular complexity index is 1080. The monoisotopic (exact) mass is 468 g/mol. The number of alkyl halides is 3. The number of carbonyl (C=O) groups excluding carboxylic acids is 2. The van der Waals surface area contributed by atoms with Crippen molar-refractivity contribution in [3.63, 3.8) is 0 Å². The first-order chi connectivity index (χ1) is 14.9. The maximum Gasteiger partial charge on any atom is 0.399 e. The minimum atomic E-state index is -4.47. The quantitative estimate of drug-likeness (QED) is 0.743. The highest BCUT2D eigenvalue weighted by molar-refractivity contribution is 7.15. The van der Waals surface area contributed by atoms with Gasteiger partial charge in [-0.05, 0) is 32.3 Å². The Kier molecular flexibility index (Phi) is 5.43. The fourth-order valence-corrected chi connectivity index (χ4v) is 5.12. The molecule has 7 nitrogen and oxygen atoms in total. The molecule has 2 aromatic heterocycles. The molecule has 0 aliphatic carbocycles. The zero-order valence-corrected chi connectivity index (χ0v) is 18.6. The molecule has 0 spiro atoms. The van der Waals surface area contributed by atoms with Gasteiger partial charge < -0.3 is 15.4 Å². The lowest BCUT2D eigenvalue weighted by Crippen LogP contribution is -2.46. The smallest absolute Gasteiger partial charge is 0.399 e. The van der Waals surface area contributed by atoms with Crippen LogP contribution in [0.25, 0.3) is 10.4 Å². The molecule has 11 heteroatoms. The van der Waals surface area contributed by atoms with E-state index < -0.39 is 23.5 Å². The molecule has 1 fully saturated rings. The number of likely N-dealkylation sites (tertiary alicyclic amines) is 1. The number of pyridine rings is 1. The Labute approximate surface area is 186 Å². The Morgan fingerprint density at radius 3 is 2.72 bits per heavy atom. The third-order valence-electron chi connectivity index (χ3n) is 6.18. The molecule has 2 aromatic rings. The number of rotatable bonds is 4. The number of carbonyl (C=O) groups is 2. The van der Waals surface area contributed by atoms with Crippen LogP contribution in [0.5, 0.6) is 5.75 Å². The van der Waals surface area contributed by atoms with E-state index in [1.54, 1.807) is 0 Å². The highest BCUT2D eigenvalue weighted by Crippen LogP contribution is 2.45. The summed E-state index contributed by atoms with van der Waals surface area (Å²) < 4.78 is 46.1. The molecular weight excluding hydrogens is 445 g/mol. The van der Waals surface area contributed by atoms with Crippen LogP contribution in [-0.4, -0.2) is 45.4 Å². The standard InChI is InChI=1S/C21H23F3N4O3S/c1-10-4-5-28(17(10)19(25)30)16(29)7-15-27-12-9-31-13-8-26-14(6-11(13)18(12)32-15)20(2,3)21(22,23)24/h6,8,10,17H,4-5,7,9H2,1-3H3,(H2,25,30)/t10-,17+/m1/s1. The molecule has 4 heterocycles. The SMILES string of the molecule is C[C@@H]1CCN(C(=O)Cc2nc3c(s2)-c2cc(C(C)(C)C(F)(F)F)ncc2OC3)[C@@H]1C(N)=O. The van der Waals surface area contributed by atoms with Crippen molar-refractivity contribution in [1.29, 1.82) is 0 Å². The van der Waals surface area contributed by atoms with Gasteiger partial charge in [0.05, 0.1) is 28.9 Å². The van der Waals surface area contributed by atoms with E-state index >= 15 is 0 Å². The molecule has 0 unspecified atom stereocenters. The second kappa shape index (κ2) is 7.72. The van der Waals surface area contributed by atoms with Crippen molar-refractivity contribution >= 4 is 23.2 Å². The van der Waals surface area contributed by atoms with Gasteiger partial charge in [0.25, 0.3) is 0 Å². The van der Waals surface area contributed by atoms with Crippen molar-refractivity contribution in [2.45, 2.75) is 57.9 Å². The summed E-state index contributed by atoms with van der Waals surface area (Å²) >= 11 is 1.24. The van der Waals surface area contributed by atoms with Gasteiger partial charge >= 0.3 is 6.18 Å². The van der Waals surface area contributed by atoms with Crippen LogP contribution < -0.4 is 10.5 Å². The molecule has 0 radical (unpaired) electrons. The van der Waals surface area contributed by atoms with Crippen LogP contribution in [0.2, 0.25) is 0 Å². The molecule has 32 heavy (non-hydrogen) atoms. The minimum Gasteiger partial charge on any atom is -0.485 e. The van der Waals surface area contributed by atoms with Gasteiger partial charge in [-0.1, -0.05) is 6.92 Å². The Hall–Kier alpha value is -2.69. The number of thiazole rings is 1. The summed E-state index contributed by atoms with van der Waals surface area (Å²) in [5, 5.41) is 0.507. The molecule has 1 saturated heterocycles. The number of aromatic nitrogens is 2. The molecule has 0 bridgehead atoms. The molecule has 2 aliphatic heterocycles. The van der Waals surface area contributed by atoms with Crippen molar-refractivity contribution in [2.75, 3.05) is 6.54 Å². The van der Waals surface area contributed by atoms with Crippen molar-refractivity contribution < 1.29 is 27.5 Å². The lowest BCUT2D eigenvalue weighted by Gasteiger charge is -2.28. The van der Waals surface area contributed by atoms with Crippen molar-refractivity contribution in [1.82, 2.24) is 14.9 Å². The van der Waals surface area contributed by atoms with E-state index in [1.165, 1.54) is 28.5 Å². The molecule has 2 amide bonds. The van der Waals surface area contributed by atoms with Crippen LogP contribution in [-0.2, 0) is 28.0 Å². The first-order valence-corrected chi connectivity index (χ1v) is 11.0. The Balaban J connectivity index is 1.62. The first kappa shape index (κ1) is 22.5. The number of hydrogen-bond acceptors (Lipinski definition) is 6. The van der Waals surface area contributed by atoms with E-state index in [4.69, 9.17) is 10.5 Å². The topological polar surface area (TPSA) is 98.4 Å². The van der Waals surface area contributed by atoms with E-state index in [-0.39, 0.29) is 30.5 Å². The third kappa shape index (κ3) is 3.72. The number of ether oxygens (including phenoxy) is 1. The van der Waals surface area contributed by atoms with Crippen molar-refractivity contribution in [3.05, 3.63) is 28.7 Å². The fourth-order valence-electron chi connectivity index (χ4n) is 4.04. The molecule has 2 atom stereocenters. The normalized spacial score (nSPS) is 20.5. The lowest BCUT2D eigenvalue weighted by atomic mass is 9.87. The number of amides is 2. The highest BCUT2D eigenvalue weighted by atomic mass is 32.1. The number of halogens is 3. The van der Waals surface area contributed by atoms with E-state index in [1.807, 2.05) is 6.92 Å². The summed E-state index contributed by atoms with van der Waals surface area (Å²) in [7, 11) is 0. The number of hydrogen-bond donors (Lipinski definition) is 1. The second-order valence-electron chi connectivity index (χ2n) is 8.74. The Morgan fingerprint density at radius 2 is 2.06 bits per heavy atom. The zero-order chi connectivity index (χ0) is 23.4. The number of primary amides is 1. The molecule has 2 aliphatic rings. The average molecular weight is 469 g/mol. The van der Waals surface area contributed by atoms with Gasteiger partial charge in [0.2, 0.25) is 11.8 Å². The number of nitrogens with zero attached hydrogens (tertiary/aromatic N) is 3. The van der Waals surface area contributed by atoms with Gasteiger partial charge in [0.1, 0.15) is 28.8 Å². The van der Waals surface area contributed by atoms with Crippen molar-refractivity contribution in [2.24, 2.45) is 11.7 Å². The van der Waals surface area contributed by atoms with E-state index in [2.05, 4.69) is 9.97 Å². The summed E-state index contributed by atoms with van der Waals surface area (Å²) in [6, 6.07) is 0.745. The molecule has 4 rings (SSSR count). The summed E-state index contributed by atoms with van der Waals surface area (Å²) in [5.74, 6) is -0.414. The van der Waals surface area contributed by atoms with E-state index in [9.17, 15) is 22.8 Å². The largest absolute Gasteiger partial charge is 0.485 e. The summed E-state index contributed by atoms with van der Waals surface area (Å²) in [5.41, 5.74) is 4.26. The van der Waals surface area contributed by atoms with Gasteiger partial charge in [0, 0.05) is 12.1 Å². The molecule has 2 N–H and O–H groups in total. The van der Waals surface area contributed by atoms with Crippen molar-refractivity contribution in [3.8, 4) is 16.2 Å². The van der Waals surface area contributed by atoms with Gasteiger partial charge in [0.15, 0.2) is 0 Å². The Morgan fingerprint density at radius 1 is 1.34 bits per heavy atom. The van der Waals surface area contributed by atoms with Crippen LogP contribution in [0.4, 0.5) is 13.2 Å². The van der Waals surface area contributed by atoms with Gasteiger partial charge in [-0.3, -0.25) is 14.6 Å². The predicted molar refractivity (Wildman–Crippen MR) is 111 cm³/mol. The summed E-state index contributed by atoms with van der Waals surface area (Å²) in [6.45, 7) is 4.63. The van der Waals surface area contributed by atoms with E-state index in [0.29, 0.717) is 39.9 Å². The molecule has 172 valence electrons. The number of nitrogens with two attached hydrogens (primary N) is 1. The summed E-state index contributed by atoms with van der Waals surface area (Å²) in [4.78, 5) is 35.2. The second-order valence-corrected chi connectivity index (χ2v) is 9.82. The van der Waals surface area contributed by atoms with Crippen LogP contribution in [0.3, 0.4) is 0 Å². The van der Waals surface area contributed by atoms with Crippen LogP contribution in [0.15, 0.2) is 12.3 Å². The lowest BCUT2D eigenvalue weighted by molar-refractivity contribution is -0.181. The van der Waals surface area contributed by atoms with Gasteiger partial charge in [-0.25, -0.2) is 4.98 Å². The number of fused-ring (bicyclic) bond motifs is 3. The maximum absolute atomic E-state index is 13.5. The minimum absolute atomic E-state index is 0.0101. The van der Waals surface area contributed by atoms with Crippen LogP contribution in [0.1, 0.15) is 43.6 Å². The van der Waals surface area contributed by atoms with Gasteiger partial charge in [-0.15, -0.1) is 11.3 Å². The first-order valence-electron chi connectivity index (χ1n) is 10.2. The molecule has 0 aromatic carbocycles. The molecular formula is C21H23F3N4O3S. The average Bonchev–Trinajstić information content (AvgIpc) is 3.29. The third-order valence-corrected chi connectivity index (χ3v) is 7.31. The van der Waals surface area contributed by atoms with E-state index in [0.717, 1.165) is 13.8 Å². The fraction of sp³-hybridized carbons (Fsp3) is 0.524. The molecule has 0 saturated carbocycles. The maximum atomic E-state index is 13.5. The zero-order valence-electron chi connectivity index (χ0n) is 17.8. The highest BCUT2D eigenvalue weighted by Gasteiger charge is 2.50. The summed E-state index contributed by atoms with van der Waals surface area (Å²) in [6.07, 6.45) is -2.49. The predicted octanol–water partition coefficient (Wildman–Crippen LogP) is 3.20.